The van der Waals surface area contributed by atoms with Crippen LogP contribution in [0.4, 0.5) is 0 Å². The predicted molar refractivity (Wildman–Crippen MR) is 70.8 cm³/mol. The lowest BCUT2D eigenvalue weighted by molar-refractivity contribution is 0.180. The number of hydrogen-bond acceptors (Lipinski definition) is 4. The summed E-state index contributed by atoms with van der Waals surface area (Å²) in [6, 6.07) is 3.99. The predicted octanol–water partition coefficient (Wildman–Crippen LogP) is 2.50. The lowest BCUT2D eigenvalue weighted by Crippen LogP contribution is -2.47. The fourth-order valence-corrected chi connectivity index (χ4v) is 3.33. The monoisotopic (exact) mass is 273 g/mol. The Balaban J connectivity index is 2.06. The summed E-state index contributed by atoms with van der Waals surface area (Å²) in [5, 5.41) is 11.9. The maximum Gasteiger partial charge on any atom is 0.156 e. The van der Waals surface area contributed by atoms with Gasteiger partial charge in [-0.2, -0.15) is 0 Å². The number of thiophene rings is 1. The molecule has 0 amide bonds. The first-order valence-electron chi connectivity index (χ1n) is 5.66. The summed E-state index contributed by atoms with van der Waals surface area (Å²) >= 11 is 7.50. The van der Waals surface area contributed by atoms with Crippen LogP contribution in [-0.4, -0.2) is 28.5 Å². The summed E-state index contributed by atoms with van der Waals surface area (Å²) in [4.78, 5) is 3.47. The van der Waals surface area contributed by atoms with Crippen LogP contribution in [0, 0.1) is 0 Å². The molecule has 0 spiro atoms. The van der Waals surface area contributed by atoms with Gasteiger partial charge < -0.3 is 10.9 Å². The van der Waals surface area contributed by atoms with Crippen molar-refractivity contribution in [2.45, 2.75) is 31.8 Å². The van der Waals surface area contributed by atoms with E-state index in [9.17, 15) is 0 Å². The molecule has 1 aliphatic rings. The van der Waals surface area contributed by atoms with Crippen LogP contribution in [0.1, 0.15) is 24.1 Å². The van der Waals surface area contributed by atoms with E-state index in [1.807, 2.05) is 12.1 Å². The zero-order valence-electron chi connectivity index (χ0n) is 9.47. The number of nitrogens with zero attached hydrogens (tertiary/aromatic N) is 2. The Morgan fingerprint density at radius 3 is 3.06 bits per heavy atom. The van der Waals surface area contributed by atoms with Gasteiger partial charge >= 0.3 is 0 Å². The molecule has 1 aromatic heterocycles. The van der Waals surface area contributed by atoms with Gasteiger partial charge in [-0.1, -0.05) is 23.2 Å². The van der Waals surface area contributed by atoms with Crippen LogP contribution in [0.15, 0.2) is 17.3 Å². The molecule has 6 heteroatoms. The molecule has 0 aromatic carbocycles. The van der Waals surface area contributed by atoms with Crippen molar-refractivity contribution in [2.75, 3.05) is 6.54 Å². The molecule has 0 saturated carbocycles. The van der Waals surface area contributed by atoms with Crippen molar-refractivity contribution in [1.82, 2.24) is 4.90 Å². The largest absolute Gasteiger partial charge is 0.409 e. The van der Waals surface area contributed by atoms with Crippen molar-refractivity contribution < 1.29 is 5.21 Å². The average Bonchev–Trinajstić information content (AvgIpc) is 2.74. The zero-order chi connectivity index (χ0) is 12.3. The minimum absolute atomic E-state index is 0.0506. The molecule has 1 fully saturated rings. The minimum Gasteiger partial charge on any atom is -0.409 e. The van der Waals surface area contributed by atoms with E-state index in [1.165, 1.54) is 4.88 Å². The van der Waals surface area contributed by atoms with Crippen molar-refractivity contribution in [3.8, 4) is 0 Å². The van der Waals surface area contributed by atoms with Gasteiger partial charge in [0.05, 0.1) is 10.4 Å². The summed E-state index contributed by atoms with van der Waals surface area (Å²) in [6.07, 6.45) is 3.24. The number of halogens is 1. The van der Waals surface area contributed by atoms with E-state index < -0.39 is 0 Å². The summed E-state index contributed by atoms with van der Waals surface area (Å²) in [6.45, 7) is 1.80. The smallest absolute Gasteiger partial charge is 0.156 e. The molecule has 4 nitrogen and oxygen atoms in total. The van der Waals surface area contributed by atoms with Crippen molar-refractivity contribution in [1.29, 1.82) is 0 Å². The van der Waals surface area contributed by atoms with E-state index in [0.717, 1.165) is 36.7 Å². The standard InChI is InChI=1S/C11H16ClN3OS/c12-10-5-4-8(17-10)7-15-6-2-1-3-9(15)11(13)14-16/h4-5,9,16H,1-3,6-7H2,(H2,13,14). The van der Waals surface area contributed by atoms with E-state index in [2.05, 4.69) is 10.1 Å². The van der Waals surface area contributed by atoms with Gasteiger partial charge in [-0.3, -0.25) is 4.90 Å². The molecule has 0 bridgehead atoms. The van der Waals surface area contributed by atoms with Crippen LogP contribution in [0.5, 0.6) is 0 Å². The Hall–Kier alpha value is -0.780. The molecule has 1 atom stereocenters. The first-order chi connectivity index (χ1) is 8.20. The molecule has 2 rings (SSSR count). The number of rotatable bonds is 3. The molecule has 94 valence electrons. The van der Waals surface area contributed by atoms with Crippen LogP contribution < -0.4 is 5.73 Å². The van der Waals surface area contributed by atoms with Gasteiger partial charge in [0.15, 0.2) is 5.84 Å². The number of nitrogens with two attached hydrogens (primary N) is 1. The molecule has 1 saturated heterocycles. The zero-order valence-corrected chi connectivity index (χ0v) is 11.0. The van der Waals surface area contributed by atoms with Crippen LogP contribution in [-0.2, 0) is 6.54 Å². The van der Waals surface area contributed by atoms with Crippen LogP contribution in [0.3, 0.4) is 0 Å². The van der Waals surface area contributed by atoms with Gasteiger partial charge in [-0.15, -0.1) is 11.3 Å². The lowest BCUT2D eigenvalue weighted by Gasteiger charge is -2.34. The normalized spacial score (nSPS) is 22.9. The SMILES string of the molecule is NC(=NO)C1CCCCN1Cc1ccc(Cl)s1. The number of likely N-dealkylation sites (tertiary alicyclic amines) is 1. The summed E-state index contributed by atoms with van der Waals surface area (Å²) in [5.41, 5.74) is 5.73. The second kappa shape index (κ2) is 5.71. The van der Waals surface area contributed by atoms with Gasteiger partial charge in [0, 0.05) is 11.4 Å². The maximum absolute atomic E-state index is 8.79. The Kier molecular flexibility index (Phi) is 4.25. The molecular weight excluding hydrogens is 258 g/mol. The Bertz CT molecular complexity index is 407. The average molecular weight is 274 g/mol. The molecule has 1 unspecified atom stereocenters. The van der Waals surface area contributed by atoms with Crippen LogP contribution >= 0.6 is 22.9 Å². The Morgan fingerprint density at radius 2 is 2.41 bits per heavy atom. The third kappa shape index (κ3) is 3.12. The fourth-order valence-electron chi connectivity index (χ4n) is 2.22. The van der Waals surface area contributed by atoms with Gasteiger partial charge in [0.1, 0.15) is 0 Å². The van der Waals surface area contributed by atoms with Crippen molar-refractivity contribution in [3.05, 3.63) is 21.3 Å². The van der Waals surface area contributed by atoms with Gasteiger partial charge in [-0.05, 0) is 31.5 Å². The molecule has 1 aliphatic heterocycles. The van der Waals surface area contributed by atoms with Crippen molar-refractivity contribution in [2.24, 2.45) is 10.9 Å². The Labute approximate surface area is 110 Å². The number of amidine groups is 1. The van der Waals surface area contributed by atoms with Crippen LogP contribution in [0.2, 0.25) is 4.34 Å². The highest BCUT2D eigenvalue weighted by molar-refractivity contribution is 7.16. The number of oxime groups is 1. The quantitative estimate of drug-likeness (QED) is 0.385. The van der Waals surface area contributed by atoms with E-state index in [1.54, 1.807) is 11.3 Å². The maximum atomic E-state index is 8.79. The van der Waals surface area contributed by atoms with Crippen molar-refractivity contribution >= 4 is 28.8 Å². The topological polar surface area (TPSA) is 61.9 Å². The first kappa shape index (κ1) is 12.7. The number of piperidine rings is 1. The molecule has 3 N–H and O–H groups in total. The molecule has 17 heavy (non-hydrogen) atoms. The van der Waals surface area contributed by atoms with Crippen molar-refractivity contribution in [3.63, 3.8) is 0 Å². The Morgan fingerprint density at radius 1 is 1.59 bits per heavy atom. The third-order valence-electron chi connectivity index (χ3n) is 3.06. The lowest BCUT2D eigenvalue weighted by atomic mass is 10.0. The number of hydrogen-bond donors (Lipinski definition) is 2. The van der Waals surface area contributed by atoms with Gasteiger partial charge in [0.2, 0.25) is 0 Å². The molecular formula is C11H16ClN3OS. The van der Waals surface area contributed by atoms with E-state index in [0.29, 0.717) is 5.84 Å². The summed E-state index contributed by atoms with van der Waals surface area (Å²) < 4.78 is 0.803. The fraction of sp³-hybridized carbons (Fsp3) is 0.545. The van der Waals surface area contributed by atoms with Gasteiger partial charge in [-0.25, -0.2) is 0 Å². The molecule has 2 heterocycles. The minimum atomic E-state index is 0.0506. The highest BCUT2D eigenvalue weighted by atomic mass is 35.5. The molecule has 0 aliphatic carbocycles. The van der Waals surface area contributed by atoms with Crippen LogP contribution in [0.25, 0.3) is 0 Å². The summed E-state index contributed by atoms with van der Waals surface area (Å²) in [7, 11) is 0. The summed E-state index contributed by atoms with van der Waals surface area (Å²) in [5.74, 6) is 0.312. The van der Waals surface area contributed by atoms with E-state index in [-0.39, 0.29) is 6.04 Å². The second-order valence-corrected chi connectivity index (χ2v) is 6.01. The van der Waals surface area contributed by atoms with E-state index in [4.69, 9.17) is 22.5 Å². The third-order valence-corrected chi connectivity index (χ3v) is 4.27. The molecule has 0 radical (unpaired) electrons. The van der Waals surface area contributed by atoms with E-state index >= 15 is 0 Å². The molecule has 1 aromatic rings. The van der Waals surface area contributed by atoms with Gasteiger partial charge in [0.25, 0.3) is 0 Å². The second-order valence-electron chi connectivity index (χ2n) is 4.21. The highest BCUT2D eigenvalue weighted by Crippen LogP contribution is 2.26. The first-order valence-corrected chi connectivity index (χ1v) is 6.86. The highest BCUT2D eigenvalue weighted by Gasteiger charge is 2.26.